The van der Waals surface area contributed by atoms with E-state index in [1.165, 1.54) is 10.4 Å². The van der Waals surface area contributed by atoms with Crippen LogP contribution in [0.25, 0.3) is 10.2 Å². The van der Waals surface area contributed by atoms with Gasteiger partial charge >= 0.3 is 0 Å². The number of fused-ring (bicyclic) bond motifs is 1. The predicted molar refractivity (Wildman–Crippen MR) is 87.9 cm³/mol. The summed E-state index contributed by atoms with van der Waals surface area (Å²) >= 11 is 1.76. The van der Waals surface area contributed by atoms with Crippen LogP contribution in [-0.2, 0) is 4.79 Å². The molecule has 0 unspecified atom stereocenters. The molecule has 21 heavy (non-hydrogen) atoms. The van der Waals surface area contributed by atoms with Gasteiger partial charge in [-0.3, -0.25) is 9.78 Å². The molecule has 0 bridgehead atoms. The second-order valence-corrected chi connectivity index (χ2v) is 6.80. The monoisotopic (exact) mass is 303 g/mol. The normalized spacial score (nSPS) is 16.4. The van der Waals surface area contributed by atoms with E-state index in [0.717, 1.165) is 31.4 Å². The van der Waals surface area contributed by atoms with Crippen LogP contribution in [0, 0.1) is 5.92 Å². The van der Waals surface area contributed by atoms with Crippen molar-refractivity contribution in [2.75, 3.05) is 32.1 Å². The van der Waals surface area contributed by atoms with Crippen molar-refractivity contribution < 1.29 is 4.79 Å². The molecule has 1 saturated heterocycles. The fourth-order valence-electron chi connectivity index (χ4n) is 2.92. The molecule has 5 heteroatoms. The third-order valence-corrected chi connectivity index (χ3v) is 5.17. The SMILES string of the molecule is CN(C)C(=O)CC1CCN(c2ccnc3ccsc23)CC1. The van der Waals surface area contributed by atoms with Gasteiger partial charge < -0.3 is 9.80 Å². The van der Waals surface area contributed by atoms with E-state index in [4.69, 9.17) is 0 Å². The van der Waals surface area contributed by atoms with Crippen molar-refractivity contribution in [3.63, 3.8) is 0 Å². The molecule has 0 spiro atoms. The van der Waals surface area contributed by atoms with Crippen molar-refractivity contribution in [3.8, 4) is 0 Å². The Morgan fingerprint density at radius 1 is 1.38 bits per heavy atom. The molecule has 0 radical (unpaired) electrons. The van der Waals surface area contributed by atoms with E-state index in [1.807, 2.05) is 20.3 Å². The number of hydrogen-bond acceptors (Lipinski definition) is 4. The van der Waals surface area contributed by atoms with Gasteiger partial charge in [-0.2, -0.15) is 0 Å². The van der Waals surface area contributed by atoms with Gasteiger partial charge in [-0.25, -0.2) is 0 Å². The number of aromatic nitrogens is 1. The molecule has 3 heterocycles. The molecule has 112 valence electrons. The van der Waals surface area contributed by atoms with Gasteiger partial charge in [0, 0.05) is 39.8 Å². The average molecular weight is 303 g/mol. The number of carbonyl (C=O) groups excluding carboxylic acids is 1. The Bertz CT molecular complexity index is 629. The lowest BCUT2D eigenvalue weighted by molar-refractivity contribution is -0.129. The summed E-state index contributed by atoms with van der Waals surface area (Å²) in [5.74, 6) is 0.773. The quantitative estimate of drug-likeness (QED) is 0.874. The van der Waals surface area contributed by atoms with Crippen LogP contribution < -0.4 is 4.90 Å². The molecule has 0 aromatic carbocycles. The maximum atomic E-state index is 11.8. The molecule has 4 nitrogen and oxygen atoms in total. The smallest absolute Gasteiger partial charge is 0.222 e. The Balaban J connectivity index is 1.66. The van der Waals surface area contributed by atoms with Gasteiger partial charge in [0.05, 0.1) is 15.9 Å². The highest BCUT2D eigenvalue weighted by Gasteiger charge is 2.23. The number of nitrogens with zero attached hydrogens (tertiary/aromatic N) is 3. The highest BCUT2D eigenvalue weighted by atomic mass is 32.1. The van der Waals surface area contributed by atoms with Crippen LogP contribution in [0.1, 0.15) is 19.3 Å². The Morgan fingerprint density at radius 2 is 2.14 bits per heavy atom. The molecule has 1 aliphatic heterocycles. The Hall–Kier alpha value is -1.62. The first-order valence-corrected chi connectivity index (χ1v) is 8.30. The zero-order chi connectivity index (χ0) is 14.8. The number of amides is 1. The highest BCUT2D eigenvalue weighted by molar-refractivity contribution is 7.17. The zero-order valence-electron chi connectivity index (χ0n) is 12.6. The molecule has 0 N–H and O–H groups in total. The Morgan fingerprint density at radius 3 is 2.86 bits per heavy atom. The number of piperidine rings is 1. The van der Waals surface area contributed by atoms with Crippen LogP contribution in [0.2, 0.25) is 0 Å². The summed E-state index contributed by atoms with van der Waals surface area (Å²) in [6, 6.07) is 4.19. The van der Waals surface area contributed by atoms with Gasteiger partial charge in [-0.15, -0.1) is 11.3 Å². The fourth-order valence-corrected chi connectivity index (χ4v) is 3.81. The van der Waals surface area contributed by atoms with Gasteiger partial charge in [0.25, 0.3) is 0 Å². The first-order chi connectivity index (χ1) is 10.1. The summed E-state index contributed by atoms with van der Waals surface area (Å²) in [6.07, 6.45) is 4.77. The number of carbonyl (C=O) groups is 1. The molecule has 2 aromatic heterocycles. The summed E-state index contributed by atoms with van der Waals surface area (Å²) in [4.78, 5) is 20.4. The van der Waals surface area contributed by atoms with Crippen LogP contribution in [0.4, 0.5) is 5.69 Å². The summed E-state index contributed by atoms with van der Waals surface area (Å²) in [5.41, 5.74) is 2.38. The van der Waals surface area contributed by atoms with Gasteiger partial charge in [0.1, 0.15) is 0 Å². The second-order valence-electron chi connectivity index (χ2n) is 5.89. The third kappa shape index (κ3) is 3.02. The molecule has 2 aromatic rings. The summed E-state index contributed by atoms with van der Waals surface area (Å²) < 4.78 is 1.28. The molecular formula is C16H21N3OS. The van der Waals surface area contributed by atoms with Crippen molar-refractivity contribution in [3.05, 3.63) is 23.7 Å². The lowest BCUT2D eigenvalue weighted by atomic mass is 9.93. The van der Waals surface area contributed by atoms with Crippen LogP contribution >= 0.6 is 11.3 Å². The van der Waals surface area contributed by atoms with E-state index in [9.17, 15) is 4.79 Å². The number of pyridine rings is 1. The molecule has 1 aliphatic rings. The van der Waals surface area contributed by atoms with Gasteiger partial charge in [-0.1, -0.05) is 0 Å². The van der Waals surface area contributed by atoms with Crippen LogP contribution in [0.5, 0.6) is 0 Å². The van der Waals surface area contributed by atoms with E-state index in [1.54, 1.807) is 16.2 Å². The highest BCUT2D eigenvalue weighted by Crippen LogP contribution is 2.33. The first kappa shape index (κ1) is 14.3. The largest absolute Gasteiger partial charge is 0.370 e. The Kier molecular flexibility index (Phi) is 4.10. The summed E-state index contributed by atoms with van der Waals surface area (Å²) in [7, 11) is 3.67. The molecule has 1 amide bonds. The minimum Gasteiger partial charge on any atom is -0.370 e. The van der Waals surface area contributed by atoms with Crippen molar-refractivity contribution >= 4 is 33.1 Å². The minimum absolute atomic E-state index is 0.248. The molecule has 1 fully saturated rings. The minimum atomic E-state index is 0.248. The summed E-state index contributed by atoms with van der Waals surface area (Å²) in [6.45, 7) is 2.06. The number of rotatable bonds is 3. The van der Waals surface area contributed by atoms with E-state index < -0.39 is 0 Å². The van der Waals surface area contributed by atoms with Crippen molar-refractivity contribution in [2.45, 2.75) is 19.3 Å². The van der Waals surface area contributed by atoms with Crippen molar-refractivity contribution in [1.29, 1.82) is 0 Å². The molecular weight excluding hydrogens is 282 g/mol. The number of thiophene rings is 1. The standard InChI is InChI=1S/C16H21N3OS/c1-18(2)15(20)11-12-4-8-19(9-5-12)14-3-7-17-13-6-10-21-16(13)14/h3,6-7,10,12H,4-5,8-9,11H2,1-2H3. The Labute approximate surface area is 129 Å². The molecule has 0 atom stereocenters. The van der Waals surface area contributed by atoms with Gasteiger partial charge in [0.2, 0.25) is 5.91 Å². The molecule has 3 rings (SSSR count). The van der Waals surface area contributed by atoms with Crippen LogP contribution in [0.15, 0.2) is 23.7 Å². The summed E-state index contributed by atoms with van der Waals surface area (Å²) in [5, 5.41) is 2.10. The van der Waals surface area contributed by atoms with Crippen LogP contribution in [0.3, 0.4) is 0 Å². The maximum absolute atomic E-state index is 11.8. The number of anilines is 1. The third-order valence-electron chi connectivity index (χ3n) is 4.24. The molecule has 0 aliphatic carbocycles. The van der Waals surface area contributed by atoms with E-state index >= 15 is 0 Å². The lowest BCUT2D eigenvalue weighted by Gasteiger charge is -2.34. The predicted octanol–water partition coefficient (Wildman–Crippen LogP) is 2.99. The van der Waals surface area contributed by atoms with Gasteiger partial charge in [-0.05, 0) is 36.3 Å². The van der Waals surface area contributed by atoms with Crippen molar-refractivity contribution in [1.82, 2.24) is 9.88 Å². The van der Waals surface area contributed by atoms with E-state index in [0.29, 0.717) is 12.3 Å². The first-order valence-electron chi connectivity index (χ1n) is 7.42. The second kappa shape index (κ2) is 6.02. The van der Waals surface area contributed by atoms with Gasteiger partial charge in [0.15, 0.2) is 0 Å². The fraction of sp³-hybridized carbons (Fsp3) is 0.500. The van der Waals surface area contributed by atoms with Crippen LogP contribution in [-0.4, -0.2) is 43.0 Å². The topological polar surface area (TPSA) is 36.4 Å². The molecule has 0 saturated carbocycles. The zero-order valence-corrected chi connectivity index (χ0v) is 13.4. The number of hydrogen-bond donors (Lipinski definition) is 0. The van der Waals surface area contributed by atoms with Crippen molar-refractivity contribution in [2.24, 2.45) is 5.92 Å². The lowest BCUT2D eigenvalue weighted by Crippen LogP contribution is -2.35. The maximum Gasteiger partial charge on any atom is 0.222 e. The van der Waals surface area contributed by atoms with E-state index in [-0.39, 0.29) is 5.91 Å². The van der Waals surface area contributed by atoms with E-state index in [2.05, 4.69) is 27.4 Å². The average Bonchev–Trinajstić information content (AvgIpc) is 2.96.